The number of hydrogen-bond donors (Lipinski definition) is 2. The van der Waals surface area contributed by atoms with E-state index < -0.39 is 0 Å². The van der Waals surface area contributed by atoms with Gasteiger partial charge in [0.25, 0.3) is 0 Å². The number of fused-ring (bicyclic) bond motifs is 2. The summed E-state index contributed by atoms with van der Waals surface area (Å²) in [6, 6.07) is 6.48. The van der Waals surface area contributed by atoms with Crippen molar-refractivity contribution in [1.29, 1.82) is 0 Å². The van der Waals surface area contributed by atoms with E-state index in [-0.39, 0.29) is 6.10 Å². The summed E-state index contributed by atoms with van der Waals surface area (Å²) in [5, 5.41) is 6.98. The second-order valence-corrected chi connectivity index (χ2v) is 6.72. The van der Waals surface area contributed by atoms with E-state index in [0.29, 0.717) is 0 Å². The Morgan fingerprint density at radius 1 is 1.25 bits per heavy atom. The van der Waals surface area contributed by atoms with E-state index in [9.17, 15) is 0 Å². The van der Waals surface area contributed by atoms with Crippen LogP contribution in [0, 0.1) is 6.92 Å². The van der Waals surface area contributed by atoms with Gasteiger partial charge in [0.2, 0.25) is 0 Å². The van der Waals surface area contributed by atoms with Crippen LogP contribution >= 0.6 is 0 Å². The zero-order valence-electron chi connectivity index (χ0n) is 14.4. The average molecular weight is 324 g/mol. The maximum absolute atomic E-state index is 5.78. The summed E-state index contributed by atoms with van der Waals surface area (Å²) in [6.45, 7) is 6.84. The predicted molar refractivity (Wildman–Crippen MR) is 94.6 cm³/mol. The van der Waals surface area contributed by atoms with Gasteiger partial charge in [-0.15, -0.1) is 0 Å². The van der Waals surface area contributed by atoms with E-state index in [4.69, 9.17) is 4.74 Å². The van der Waals surface area contributed by atoms with E-state index in [1.165, 1.54) is 22.4 Å². The van der Waals surface area contributed by atoms with Crippen LogP contribution in [0.1, 0.15) is 35.1 Å². The second kappa shape index (κ2) is 6.40. The summed E-state index contributed by atoms with van der Waals surface area (Å²) in [7, 11) is 0. The van der Waals surface area contributed by atoms with Crippen LogP contribution < -0.4 is 15.4 Å². The molecule has 1 aromatic heterocycles. The van der Waals surface area contributed by atoms with Crippen LogP contribution in [-0.2, 0) is 25.8 Å². The summed E-state index contributed by atoms with van der Waals surface area (Å²) in [5.41, 5.74) is 5.03. The van der Waals surface area contributed by atoms with Crippen molar-refractivity contribution in [3.8, 4) is 5.75 Å². The highest BCUT2D eigenvalue weighted by Crippen LogP contribution is 2.29. The Bertz CT molecular complexity index is 759. The monoisotopic (exact) mass is 324 g/mol. The molecule has 126 valence electrons. The summed E-state index contributed by atoms with van der Waals surface area (Å²) in [4.78, 5) is 9.29. The van der Waals surface area contributed by atoms with Gasteiger partial charge in [-0.05, 0) is 44.0 Å². The lowest BCUT2D eigenvalue weighted by molar-refractivity contribution is 0.254. The van der Waals surface area contributed by atoms with Crippen molar-refractivity contribution >= 4 is 5.82 Å². The number of aromatic nitrogens is 2. The first-order valence-corrected chi connectivity index (χ1v) is 8.78. The standard InChI is InChI=1S/C19H24N4O/c1-12-9-15-10-14(3-4-18(15)24-12)11-21-19-16-5-7-20-8-6-17(16)22-13(2)23-19/h3-4,10,12,20H,5-9,11H2,1-2H3,(H,21,22,23). The van der Waals surface area contributed by atoms with E-state index >= 15 is 0 Å². The Morgan fingerprint density at radius 3 is 3.04 bits per heavy atom. The average Bonchev–Trinajstić information content (AvgIpc) is 2.76. The molecule has 2 aromatic rings. The first kappa shape index (κ1) is 15.4. The minimum Gasteiger partial charge on any atom is -0.490 e. The summed E-state index contributed by atoms with van der Waals surface area (Å²) in [5.74, 6) is 2.87. The molecule has 0 fully saturated rings. The molecule has 0 bridgehead atoms. The maximum Gasteiger partial charge on any atom is 0.133 e. The second-order valence-electron chi connectivity index (χ2n) is 6.72. The molecule has 1 atom stereocenters. The molecule has 5 heteroatoms. The van der Waals surface area contributed by atoms with Gasteiger partial charge in [0.05, 0.1) is 5.69 Å². The number of anilines is 1. The minimum absolute atomic E-state index is 0.288. The highest BCUT2D eigenvalue weighted by molar-refractivity contribution is 5.49. The molecule has 5 nitrogen and oxygen atoms in total. The third kappa shape index (κ3) is 3.08. The quantitative estimate of drug-likeness (QED) is 0.908. The Hall–Kier alpha value is -2.14. The lowest BCUT2D eigenvalue weighted by Gasteiger charge is -2.14. The van der Waals surface area contributed by atoms with Crippen LogP contribution in [0.15, 0.2) is 18.2 Å². The molecular weight excluding hydrogens is 300 g/mol. The largest absolute Gasteiger partial charge is 0.490 e. The van der Waals surface area contributed by atoms with Gasteiger partial charge in [0, 0.05) is 31.5 Å². The van der Waals surface area contributed by atoms with Gasteiger partial charge in [-0.1, -0.05) is 12.1 Å². The molecule has 2 aliphatic heterocycles. The van der Waals surface area contributed by atoms with Crippen LogP contribution in [0.5, 0.6) is 5.75 Å². The van der Waals surface area contributed by atoms with E-state index in [2.05, 4.69) is 45.7 Å². The van der Waals surface area contributed by atoms with Crippen molar-refractivity contribution in [2.75, 3.05) is 18.4 Å². The number of ether oxygens (including phenoxy) is 1. The normalized spacial score (nSPS) is 19.2. The summed E-state index contributed by atoms with van der Waals surface area (Å²) in [6.07, 6.45) is 3.24. The topological polar surface area (TPSA) is 59.1 Å². The first-order valence-electron chi connectivity index (χ1n) is 8.78. The van der Waals surface area contributed by atoms with Gasteiger partial charge in [0.15, 0.2) is 0 Å². The fourth-order valence-corrected chi connectivity index (χ4v) is 3.59. The number of nitrogens with one attached hydrogen (secondary N) is 2. The van der Waals surface area contributed by atoms with Gasteiger partial charge in [-0.3, -0.25) is 0 Å². The fourth-order valence-electron chi connectivity index (χ4n) is 3.59. The van der Waals surface area contributed by atoms with E-state index in [0.717, 1.165) is 56.3 Å². The molecular formula is C19H24N4O. The predicted octanol–water partition coefficient (Wildman–Crippen LogP) is 2.41. The van der Waals surface area contributed by atoms with Crippen LogP contribution in [0.3, 0.4) is 0 Å². The smallest absolute Gasteiger partial charge is 0.133 e. The van der Waals surface area contributed by atoms with Gasteiger partial charge in [0.1, 0.15) is 23.5 Å². The van der Waals surface area contributed by atoms with Crippen molar-refractivity contribution in [2.45, 2.75) is 45.8 Å². The van der Waals surface area contributed by atoms with Gasteiger partial charge in [-0.2, -0.15) is 0 Å². The lowest BCUT2D eigenvalue weighted by atomic mass is 10.1. The zero-order chi connectivity index (χ0) is 16.5. The number of nitrogens with zero attached hydrogens (tertiary/aromatic N) is 2. The van der Waals surface area contributed by atoms with Crippen molar-refractivity contribution in [3.05, 3.63) is 46.4 Å². The molecule has 0 saturated carbocycles. The molecule has 24 heavy (non-hydrogen) atoms. The number of hydrogen-bond acceptors (Lipinski definition) is 5. The van der Waals surface area contributed by atoms with Crippen molar-refractivity contribution in [3.63, 3.8) is 0 Å². The maximum atomic E-state index is 5.78. The van der Waals surface area contributed by atoms with Crippen molar-refractivity contribution in [1.82, 2.24) is 15.3 Å². The molecule has 3 heterocycles. The molecule has 4 rings (SSSR count). The zero-order valence-corrected chi connectivity index (χ0v) is 14.4. The number of benzene rings is 1. The first-order chi connectivity index (χ1) is 11.7. The Balaban J connectivity index is 1.54. The van der Waals surface area contributed by atoms with Crippen molar-refractivity contribution in [2.24, 2.45) is 0 Å². The minimum atomic E-state index is 0.288. The molecule has 0 spiro atoms. The summed E-state index contributed by atoms with van der Waals surface area (Å²) >= 11 is 0. The molecule has 0 saturated heterocycles. The van der Waals surface area contributed by atoms with Crippen LogP contribution in [0.4, 0.5) is 5.82 Å². The lowest BCUT2D eigenvalue weighted by Crippen LogP contribution is -2.16. The third-order valence-electron chi connectivity index (χ3n) is 4.72. The number of rotatable bonds is 3. The van der Waals surface area contributed by atoms with Crippen LogP contribution in [0.2, 0.25) is 0 Å². The van der Waals surface area contributed by atoms with E-state index in [1.54, 1.807) is 0 Å². The molecule has 0 amide bonds. The van der Waals surface area contributed by atoms with Crippen LogP contribution in [0.25, 0.3) is 0 Å². The van der Waals surface area contributed by atoms with Gasteiger partial charge < -0.3 is 15.4 Å². The molecule has 2 N–H and O–H groups in total. The SMILES string of the molecule is Cc1nc2c(c(NCc3ccc4c(c3)CC(C)O4)n1)CCNCC2. The molecule has 0 aliphatic carbocycles. The molecule has 1 unspecified atom stereocenters. The Kier molecular flexibility index (Phi) is 4.10. The van der Waals surface area contributed by atoms with Gasteiger partial charge in [-0.25, -0.2) is 9.97 Å². The van der Waals surface area contributed by atoms with Crippen LogP contribution in [-0.4, -0.2) is 29.2 Å². The Labute approximate surface area is 142 Å². The summed E-state index contributed by atoms with van der Waals surface area (Å²) < 4.78 is 5.78. The van der Waals surface area contributed by atoms with Gasteiger partial charge >= 0.3 is 0 Å². The van der Waals surface area contributed by atoms with E-state index in [1.807, 2.05) is 6.92 Å². The highest BCUT2D eigenvalue weighted by atomic mass is 16.5. The van der Waals surface area contributed by atoms with Crippen molar-refractivity contribution < 1.29 is 4.74 Å². The molecule has 1 aromatic carbocycles. The fraction of sp³-hybridized carbons (Fsp3) is 0.474. The number of aryl methyl sites for hydroxylation is 1. The highest BCUT2D eigenvalue weighted by Gasteiger charge is 2.19. The Morgan fingerprint density at radius 2 is 2.12 bits per heavy atom. The molecule has 2 aliphatic rings. The third-order valence-corrected chi connectivity index (χ3v) is 4.72. The molecule has 0 radical (unpaired) electrons.